The van der Waals surface area contributed by atoms with E-state index in [1.54, 1.807) is 0 Å². The lowest BCUT2D eigenvalue weighted by Gasteiger charge is -2.39. The molecular formula is C18H25NO. The van der Waals surface area contributed by atoms with Crippen molar-refractivity contribution in [3.05, 3.63) is 29.8 Å². The molecule has 2 nitrogen and oxygen atoms in total. The highest BCUT2D eigenvalue weighted by Gasteiger charge is 2.35. The van der Waals surface area contributed by atoms with Crippen LogP contribution in [-0.2, 0) is 11.2 Å². The van der Waals surface area contributed by atoms with E-state index in [2.05, 4.69) is 43.0 Å². The van der Waals surface area contributed by atoms with Gasteiger partial charge in [0.05, 0.1) is 0 Å². The first-order chi connectivity index (χ1) is 9.55. The molecule has 108 valence electrons. The van der Waals surface area contributed by atoms with E-state index in [1.165, 1.54) is 24.1 Å². The molecule has 1 unspecified atom stereocenters. The normalized spacial score (nSPS) is 25.4. The summed E-state index contributed by atoms with van der Waals surface area (Å²) in [5.74, 6) is 0.706. The lowest BCUT2D eigenvalue weighted by molar-refractivity contribution is -0.126. The van der Waals surface area contributed by atoms with E-state index in [9.17, 15) is 4.79 Å². The van der Waals surface area contributed by atoms with Gasteiger partial charge in [-0.15, -0.1) is 0 Å². The van der Waals surface area contributed by atoms with Gasteiger partial charge >= 0.3 is 0 Å². The Morgan fingerprint density at radius 1 is 1.25 bits per heavy atom. The SMILES string of the molecule is CC1(C)CCC(=O)C(CN2CCCc3ccccc32)C1. The van der Waals surface area contributed by atoms with Crippen molar-refractivity contribution in [1.29, 1.82) is 0 Å². The van der Waals surface area contributed by atoms with Gasteiger partial charge < -0.3 is 4.90 Å². The molecule has 1 heterocycles. The van der Waals surface area contributed by atoms with Gasteiger partial charge in [-0.3, -0.25) is 4.79 Å². The highest BCUT2D eigenvalue weighted by atomic mass is 16.1. The third-order valence-corrected chi connectivity index (χ3v) is 4.95. The number of anilines is 1. The molecule has 0 bridgehead atoms. The average molecular weight is 271 g/mol. The molecule has 1 aromatic carbocycles. The molecule has 1 aliphatic carbocycles. The van der Waals surface area contributed by atoms with E-state index in [0.717, 1.165) is 32.4 Å². The van der Waals surface area contributed by atoms with Gasteiger partial charge in [0.25, 0.3) is 0 Å². The van der Waals surface area contributed by atoms with Crippen LogP contribution >= 0.6 is 0 Å². The Morgan fingerprint density at radius 3 is 2.90 bits per heavy atom. The molecule has 0 N–H and O–H groups in total. The van der Waals surface area contributed by atoms with Crippen molar-refractivity contribution in [2.24, 2.45) is 11.3 Å². The first kappa shape index (κ1) is 13.7. The quantitative estimate of drug-likeness (QED) is 0.814. The maximum absolute atomic E-state index is 12.2. The Hall–Kier alpha value is -1.31. The summed E-state index contributed by atoms with van der Waals surface area (Å²) in [4.78, 5) is 14.7. The Bertz CT molecular complexity index is 506. The number of hydrogen-bond donors (Lipinski definition) is 0. The van der Waals surface area contributed by atoms with E-state index in [1.807, 2.05) is 0 Å². The number of benzene rings is 1. The highest BCUT2D eigenvalue weighted by molar-refractivity contribution is 5.82. The van der Waals surface area contributed by atoms with Gasteiger partial charge in [-0.1, -0.05) is 32.0 Å². The molecule has 1 aromatic rings. The minimum Gasteiger partial charge on any atom is -0.371 e. The van der Waals surface area contributed by atoms with Crippen LogP contribution in [0.25, 0.3) is 0 Å². The van der Waals surface area contributed by atoms with Crippen molar-refractivity contribution in [3.63, 3.8) is 0 Å². The molecule has 3 rings (SSSR count). The summed E-state index contributed by atoms with van der Waals surface area (Å²) in [6.07, 6.45) is 5.26. The second-order valence-electron chi connectivity index (χ2n) is 7.21. The van der Waals surface area contributed by atoms with Crippen molar-refractivity contribution >= 4 is 11.5 Å². The molecular weight excluding hydrogens is 246 g/mol. The Kier molecular flexibility index (Phi) is 3.57. The minimum atomic E-state index is 0.227. The van der Waals surface area contributed by atoms with Crippen LogP contribution in [0.3, 0.4) is 0 Å². The molecule has 1 aliphatic heterocycles. The number of para-hydroxylation sites is 1. The van der Waals surface area contributed by atoms with E-state index in [-0.39, 0.29) is 5.92 Å². The second-order valence-corrected chi connectivity index (χ2v) is 7.21. The molecule has 2 aliphatic rings. The smallest absolute Gasteiger partial charge is 0.137 e. The molecule has 2 heteroatoms. The zero-order valence-electron chi connectivity index (χ0n) is 12.7. The van der Waals surface area contributed by atoms with Crippen LogP contribution in [0.15, 0.2) is 24.3 Å². The van der Waals surface area contributed by atoms with Crippen molar-refractivity contribution in [3.8, 4) is 0 Å². The Balaban J connectivity index is 1.76. The van der Waals surface area contributed by atoms with Gasteiger partial charge in [-0.05, 0) is 42.7 Å². The van der Waals surface area contributed by atoms with Crippen LogP contribution in [-0.4, -0.2) is 18.9 Å². The molecule has 0 spiro atoms. The summed E-state index contributed by atoms with van der Waals surface area (Å²) in [7, 11) is 0. The summed E-state index contributed by atoms with van der Waals surface area (Å²) in [6, 6.07) is 8.68. The van der Waals surface area contributed by atoms with Gasteiger partial charge in [0.15, 0.2) is 0 Å². The molecule has 0 saturated heterocycles. The monoisotopic (exact) mass is 271 g/mol. The first-order valence-corrected chi connectivity index (χ1v) is 7.91. The number of hydrogen-bond acceptors (Lipinski definition) is 2. The molecule has 0 amide bonds. The summed E-state index contributed by atoms with van der Waals surface area (Å²) in [6.45, 7) is 6.62. The second kappa shape index (κ2) is 5.23. The average Bonchev–Trinajstić information content (AvgIpc) is 2.43. The zero-order chi connectivity index (χ0) is 14.2. The number of ketones is 1. The number of fused-ring (bicyclic) bond motifs is 1. The summed E-state index contributed by atoms with van der Waals surface area (Å²) in [5, 5.41) is 0. The topological polar surface area (TPSA) is 20.3 Å². The van der Waals surface area contributed by atoms with Crippen LogP contribution < -0.4 is 4.90 Å². The van der Waals surface area contributed by atoms with Crippen molar-refractivity contribution < 1.29 is 4.79 Å². The summed E-state index contributed by atoms with van der Waals surface area (Å²) < 4.78 is 0. The number of carbonyl (C=O) groups excluding carboxylic acids is 1. The Morgan fingerprint density at radius 2 is 2.05 bits per heavy atom. The van der Waals surface area contributed by atoms with Gasteiger partial charge in [0, 0.05) is 31.1 Å². The number of carbonyl (C=O) groups is 1. The molecule has 0 radical (unpaired) electrons. The Labute approximate surface area is 122 Å². The molecule has 1 saturated carbocycles. The maximum Gasteiger partial charge on any atom is 0.137 e. The van der Waals surface area contributed by atoms with E-state index in [0.29, 0.717) is 11.2 Å². The van der Waals surface area contributed by atoms with E-state index < -0.39 is 0 Å². The molecule has 1 atom stereocenters. The molecule has 20 heavy (non-hydrogen) atoms. The standard InChI is InChI=1S/C18H25NO/c1-18(2)10-9-17(20)15(12-18)13-19-11-5-7-14-6-3-4-8-16(14)19/h3-4,6,8,15H,5,7,9-13H2,1-2H3. The lowest BCUT2D eigenvalue weighted by atomic mass is 9.71. The molecule has 1 fully saturated rings. The summed E-state index contributed by atoms with van der Waals surface area (Å²) in [5.41, 5.74) is 3.13. The van der Waals surface area contributed by atoms with E-state index >= 15 is 0 Å². The van der Waals surface area contributed by atoms with Crippen LogP contribution in [0.4, 0.5) is 5.69 Å². The minimum absolute atomic E-state index is 0.227. The lowest BCUT2D eigenvalue weighted by Crippen LogP contribution is -2.40. The van der Waals surface area contributed by atoms with Crippen molar-refractivity contribution in [2.75, 3.05) is 18.0 Å². The third-order valence-electron chi connectivity index (χ3n) is 4.95. The van der Waals surface area contributed by atoms with E-state index in [4.69, 9.17) is 0 Å². The van der Waals surface area contributed by atoms with Gasteiger partial charge in [-0.2, -0.15) is 0 Å². The fourth-order valence-corrected chi connectivity index (χ4v) is 3.78. The third kappa shape index (κ3) is 2.74. The van der Waals surface area contributed by atoms with Crippen LogP contribution in [0.2, 0.25) is 0 Å². The predicted octanol–water partition coefficient (Wildman–Crippen LogP) is 3.83. The van der Waals surface area contributed by atoms with Gasteiger partial charge in [0.1, 0.15) is 5.78 Å². The molecule has 0 aromatic heterocycles. The summed E-state index contributed by atoms with van der Waals surface area (Å²) >= 11 is 0. The van der Waals surface area contributed by atoms with Gasteiger partial charge in [-0.25, -0.2) is 0 Å². The fraction of sp³-hybridized carbons (Fsp3) is 0.611. The first-order valence-electron chi connectivity index (χ1n) is 7.91. The highest BCUT2D eigenvalue weighted by Crippen LogP contribution is 2.38. The predicted molar refractivity (Wildman–Crippen MR) is 83.1 cm³/mol. The van der Waals surface area contributed by atoms with Crippen molar-refractivity contribution in [2.45, 2.75) is 46.0 Å². The largest absolute Gasteiger partial charge is 0.371 e. The maximum atomic E-state index is 12.2. The number of nitrogens with zero attached hydrogens (tertiary/aromatic N) is 1. The van der Waals surface area contributed by atoms with Crippen molar-refractivity contribution in [1.82, 2.24) is 0 Å². The fourth-order valence-electron chi connectivity index (χ4n) is 3.78. The van der Waals surface area contributed by atoms with Crippen LogP contribution in [0, 0.1) is 11.3 Å². The number of Topliss-reactive ketones (excluding diaryl/α,β-unsaturated/α-hetero) is 1. The number of rotatable bonds is 2. The van der Waals surface area contributed by atoms with Gasteiger partial charge in [0.2, 0.25) is 0 Å². The van der Waals surface area contributed by atoms with Crippen LogP contribution in [0.1, 0.15) is 45.1 Å². The number of aryl methyl sites for hydroxylation is 1. The van der Waals surface area contributed by atoms with Crippen LogP contribution in [0.5, 0.6) is 0 Å². The zero-order valence-corrected chi connectivity index (χ0v) is 12.7.